The van der Waals surface area contributed by atoms with E-state index >= 15 is 0 Å². The molecule has 2 nitrogen and oxygen atoms in total. The fourth-order valence-electron chi connectivity index (χ4n) is 1.70. The summed E-state index contributed by atoms with van der Waals surface area (Å²) in [7, 11) is 0. The van der Waals surface area contributed by atoms with Gasteiger partial charge in [-0.15, -0.1) is 0 Å². The zero-order chi connectivity index (χ0) is 13.7. The summed E-state index contributed by atoms with van der Waals surface area (Å²) in [5.74, 6) is 2.29. The van der Waals surface area contributed by atoms with Crippen LogP contribution in [0.4, 0.5) is 5.69 Å². The summed E-state index contributed by atoms with van der Waals surface area (Å²) >= 11 is 0. The normalized spacial score (nSPS) is 12.2. The van der Waals surface area contributed by atoms with Crippen molar-refractivity contribution in [3.8, 4) is 11.5 Å². The molecule has 0 aliphatic rings. The molecule has 0 aliphatic carbocycles. The molecule has 0 heterocycles. The fraction of sp³-hybridized carbons (Fsp3) is 0.294. The highest BCUT2D eigenvalue weighted by Gasteiger charge is 2.10. The molecule has 0 saturated carbocycles. The van der Waals surface area contributed by atoms with Crippen molar-refractivity contribution in [2.45, 2.75) is 26.8 Å². The first kappa shape index (κ1) is 13.5. The quantitative estimate of drug-likeness (QED) is 0.817. The molecule has 0 bridgehead atoms. The maximum Gasteiger partial charge on any atom is 0.150 e. The Morgan fingerprint density at radius 1 is 0.842 bits per heavy atom. The van der Waals surface area contributed by atoms with E-state index < -0.39 is 0 Å². The van der Waals surface area contributed by atoms with Gasteiger partial charge in [0.2, 0.25) is 0 Å². The van der Waals surface area contributed by atoms with E-state index in [4.69, 9.17) is 4.74 Å². The summed E-state index contributed by atoms with van der Waals surface area (Å²) in [6, 6.07) is 18.3. The van der Waals surface area contributed by atoms with Crippen molar-refractivity contribution >= 4 is 5.69 Å². The monoisotopic (exact) mass is 255 g/mol. The molecule has 1 N–H and O–H groups in total. The molecule has 0 amide bonds. The molecule has 0 radical (unpaired) electrons. The number of para-hydroxylation sites is 3. The average Bonchev–Trinajstić information content (AvgIpc) is 2.42. The zero-order valence-corrected chi connectivity index (χ0v) is 11.8. The van der Waals surface area contributed by atoms with Crippen LogP contribution in [-0.4, -0.2) is 6.04 Å². The third kappa shape index (κ3) is 3.75. The van der Waals surface area contributed by atoms with Gasteiger partial charge in [-0.05, 0) is 37.1 Å². The predicted octanol–water partition coefficient (Wildman–Crippen LogP) is 4.94. The van der Waals surface area contributed by atoms with E-state index in [1.807, 2.05) is 48.5 Å². The molecular formula is C17H21NO. The first-order valence-electron chi connectivity index (χ1n) is 6.75. The van der Waals surface area contributed by atoms with Crippen LogP contribution >= 0.6 is 0 Å². The SMILES string of the molecule is CC(C)C(C)Nc1ccccc1Oc1ccccc1. The van der Waals surface area contributed by atoms with Crippen LogP contribution in [0.2, 0.25) is 0 Å². The first-order valence-corrected chi connectivity index (χ1v) is 6.75. The minimum Gasteiger partial charge on any atom is -0.455 e. The highest BCUT2D eigenvalue weighted by molar-refractivity contribution is 5.58. The van der Waals surface area contributed by atoms with Gasteiger partial charge >= 0.3 is 0 Å². The predicted molar refractivity (Wildman–Crippen MR) is 80.9 cm³/mol. The summed E-state index contributed by atoms with van der Waals surface area (Å²) in [6.45, 7) is 6.60. The van der Waals surface area contributed by atoms with Crippen molar-refractivity contribution in [1.29, 1.82) is 0 Å². The van der Waals surface area contributed by atoms with Gasteiger partial charge in [0.1, 0.15) is 5.75 Å². The molecule has 2 rings (SSSR count). The van der Waals surface area contributed by atoms with E-state index in [2.05, 4.69) is 32.2 Å². The number of hydrogen-bond donors (Lipinski definition) is 1. The fourth-order valence-corrected chi connectivity index (χ4v) is 1.70. The topological polar surface area (TPSA) is 21.3 Å². The van der Waals surface area contributed by atoms with Gasteiger partial charge in [0.05, 0.1) is 5.69 Å². The van der Waals surface area contributed by atoms with Gasteiger partial charge in [0.25, 0.3) is 0 Å². The van der Waals surface area contributed by atoms with Crippen molar-refractivity contribution < 1.29 is 4.74 Å². The Kier molecular flexibility index (Phi) is 4.45. The molecule has 2 aromatic rings. The number of ether oxygens (including phenoxy) is 1. The Morgan fingerprint density at radius 2 is 1.47 bits per heavy atom. The molecule has 0 fully saturated rings. The highest BCUT2D eigenvalue weighted by Crippen LogP contribution is 2.30. The lowest BCUT2D eigenvalue weighted by molar-refractivity contribution is 0.481. The number of nitrogens with one attached hydrogen (secondary N) is 1. The van der Waals surface area contributed by atoms with Gasteiger partial charge in [0.15, 0.2) is 5.75 Å². The van der Waals surface area contributed by atoms with Crippen LogP contribution in [0.1, 0.15) is 20.8 Å². The number of hydrogen-bond acceptors (Lipinski definition) is 2. The van der Waals surface area contributed by atoms with Crippen LogP contribution in [0, 0.1) is 5.92 Å². The first-order chi connectivity index (χ1) is 9.16. The van der Waals surface area contributed by atoms with Gasteiger partial charge in [-0.1, -0.05) is 44.2 Å². The van der Waals surface area contributed by atoms with E-state index in [0.717, 1.165) is 17.2 Å². The zero-order valence-electron chi connectivity index (χ0n) is 11.8. The largest absolute Gasteiger partial charge is 0.455 e. The summed E-state index contributed by atoms with van der Waals surface area (Å²) in [4.78, 5) is 0. The summed E-state index contributed by atoms with van der Waals surface area (Å²) in [6.07, 6.45) is 0. The molecule has 1 atom stereocenters. The molecule has 0 aromatic heterocycles. The molecule has 2 heteroatoms. The molecule has 19 heavy (non-hydrogen) atoms. The van der Waals surface area contributed by atoms with Crippen molar-refractivity contribution in [2.75, 3.05) is 5.32 Å². The standard InChI is InChI=1S/C17H21NO/c1-13(2)14(3)18-16-11-7-8-12-17(16)19-15-9-5-4-6-10-15/h4-14,18H,1-3H3. The number of anilines is 1. The van der Waals surface area contributed by atoms with Gasteiger partial charge in [-0.25, -0.2) is 0 Å². The van der Waals surface area contributed by atoms with Gasteiger partial charge in [-0.3, -0.25) is 0 Å². The molecule has 0 saturated heterocycles. The third-order valence-corrected chi connectivity index (χ3v) is 3.24. The summed E-state index contributed by atoms with van der Waals surface area (Å²) < 4.78 is 5.93. The summed E-state index contributed by atoms with van der Waals surface area (Å²) in [5.41, 5.74) is 1.03. The van der Waals surface area contributed by atoms with Crippen LogP contribution in [-0.2, 0) is 0 Å². The molecule has 2 aromatic carbocycles. The minimum absolute atomic E-state index is 0.403. The van der Waals surface area contributed by atoms with Crippen molar-refractivity contribution in [1.82, 2.24) is 0 Å². The Labute approximate surface area is 115 Å². The lowest BCUT2D eigenvalue weighted by atomic mass is 10.1. The Balaban J connectivity index is 2.17. The second-order valence-corrected chi connectivity index (χ2v) is 5.09. The second-order valence-electron chi connectivity index (χ2n) is 5.09. The molecule has 0 spiro atoms. The van der Waals surface area contributed by atoms with Gasteiger partial charge in [0, 0.05) is 6.04 Å². The average molecular weight is 255 g/mol. The van der Waals surface area contributed by atoms with E-state index in [9.17, 15) is 0 Å². The van der Waals surface area contributed by atoms with Gasteiger partial charge in [-0.2, -0.15) is 0 Å². The van der Waals surface area contributed by atoms with E-state index in [1.54, 1.807) is 0 Å². The molecule has 0 aliphatic heterocycles. The lowest BCUT2D eigenvalue weighted by Crippen LogP contribution is -2.21. The van der Waals surface area contributed by atoms with E-state index in [-0.39, 0.29) is 0 Å². The van der Waals surface area contributed by atoms with Crippen LogP contribution in [0.25, 0.3) is 0 Å². The maximum absolute atomic E-state index is 5.93. The van der Waals surface area contributed by atoms with Gasteiger partial charge < -0.3 is 10.1 Å². The van der Waals surface area contributed by atoms with Crippen LogP contribution in [0.15, 0.2) is 54.6 Å². The molecule has 1 unspecified atom stereocenters. The highest BCUT2D eigenvalue weighted by atomic mass is 16.5. The second kappa shape index (κ2) is 6.28. The Hall–Kier alpha value is -1.96. The summed E-state index contributed by atoms with van der Waals surface area (Å²) in [5, 5.41) is 3.51. The van der Waals surface area contributed by atoms with Crippen LogP contribution in [0.3, 0.4) is 0 Å². The number of rotatable bonds is 5. The van der Waals surface area contributed by atoms with Crippen molar-refractivity contribution in [2.24, 2.45) is 5.92 Å². The van der Waals surface area contributed by atoms with E-state index in [0.29, 0.717) is 12.0 Å². The van der Waals surface area contributed by atoms with Crippen LogP contribution < -0.4 is 10.1 Å². The lowest BCUT2D eigenvalue weighted by Gasteiger charge is -2.21. The molecular weight excluding hydrogens is 234 g/mol. The van der Waals surface area contributed by atoms with Crippen molar-refractivity contribution in [3.63, 3.8) is 0 Å². The maximum atomic E-state index is 5.93. The number of benzene rings is 2. The van der Waals surface area contributed by atoms with E-state index in [1.165, 1.54) is 0 Å². The van der Waals surface area contributed by atoms with Crippen LogP contribution in [0.5, 0.6) is 11.5 Å². The minimum atomic E-state index is 0.403. The smallest absolute Gasteiger partial charge is 0.150 e. The van der Waals surface area contributed by atoms with Crippen molar-refractivity contribution in [3.05, 3.63) is 54.6 Å². The molecule has 100 valence electrons. The Morgan fingerprint density at radius 3 is 2.16 bits per heavy atom. The third-order valence-electron chi connectivity index (χ3n) is 3.24. The Bertz CT molecular complexity index is 508.